The van der Waals surface area contributed by atoms with E-state index >= 15 is 0 Å². The number of ether oxygens (including phenoxy) is 1. The highest BCUT2D eigenvalue weighted by Crippen LogP contribution is 2.41. The zero-order valence-electron chi connectivity index (χ0n) is 20.8. The molecule has 0 spiro atoms. The van der Waals surface area contributed by atoms with E-state index in [0.717, 1.165) is 12.1 Å². The Bertz CT molecular complexity index is 1110. The number of aliphatic hydroxyl groups is 1. The van der Waals surface area contributed by atoms with Gasteiger partial charge in [-0.05, 0) is 68.4 Å². The first-order chi connectivity index (χ1) is 16.0. The Morgan fingerprint density at radius 2 is 1.82 bits per heavy atom. The van der Waals surface area contributed by atoms with Crippen molar-refractivity contribution in [3.05, 3.63) is 64.7 Å². The van der Waals surface area contributed by atoms with Crippen LogP contribution in [0.15, 0.2) is 48.0 Å². The third kappa shape index (κ3) is 5.09. The van der Waals surface area contributed by atoms with Gasteiger partial charge in [0.05, 0.1) is 18.7 Å². The fourth-order valence-corrected chi connectivity index (χ4v) is 4.31. The normalized spacial score (nSPS) is 18.1. The average Bonchev–Trinajstić information content (AvgIpc) is 3.02. The van der Waals surface area contributed by atoms with Crippen molar-refractivity contribution < 1.29 is 24.5 Å². The van der Waals surface area contributed by atoms with Crippen molar-refractivity contribution in [1.29, 1.82) is 0 Å². The average molecular weight is 467 g/mol. The quantitative estimate of drug-likeness (QED) is 0.363. The number of Topliss-reactive ketones (excluding diaryl/α,β-unsaturated/α-hetero) is 1. The van der Waals surface area contributed by atoms with E-state index in [1.807, 2.05) is 39.8 Å². The minimum absolute atomic E-state index is 0.0190. The second kappa shape index (κ2) is 9.89. The molecule has 2 aromatic rings. The Morgan fingerprint density at radius 3 is 2.41 bits per heavy atom. The molecule has 7 heteroatoms. The highest BCUT2D eigenvalue weighted by atomic mass is 16.5. The highest BCUT2D eigenvalue weighted by molar-refractivity contribution is 6.46. The topological polar surface area (TPSA) is 90.3 Å². The van der Waals surface area contributed by atoms with E-state index < -0.39 is 17.7 Å². The molecule has 0 radical (unpaired) electrons. The van der Waals surface area contributed by atoms with E-state index in [2.05, 4.69) is 0 Å². The molecular formula is C27H34N2O5. The summed E-state index contributed by atoms with van der Waals surface area (Å²) in [6.07, 6.45) is 0.659. The lowest BCUT2D eigenvalue weighted by Gasteiger charge is -2.26. The van der Waals surface area contributed by atoms with Gasteiger partial charge in [0.15, 0.2) is 0 Å². The van der Waals surface area contributed by atoms with E-state index in [1.54, 1.807) is 37.4 Å². The summed E-state index contributed by atoms with van der Waals surface area (Å²) in [4.78, 5) is 29.7. The first-order valence-corrected chi connectivity index (χ1v) is 11.4. The number of rotatable bonds is 7. The molecule has 7 nitrogen and oxygen atoms in total. The maximum absolute atomic E-state index is 13.2. The molecule has 34 heavy (non-hydrogen) atoms. The molecule has 1 aliphatic rings. The first-order valence-electron chi connectivity index (χ1n) is 11.4. The van der Waals surface area contributed by atoms with Crippen LogP contribution in [0.3, 0.4) is 0 Å². The molecule has 1 fully saturated rings. The van der Waals surface area contributed by atoms with Crippen molar-refractivity contribution in [3.8, 4) is 11.5 Å². The van der Waals surface area contributed by atoms with Crippen LogP contribution in [0, 0.1) is 0 Å². The first kappa shape index (κ1) is 25.3. The fourth-order valence-electron chi connectivity index (χ4n) is 4.31. The van der Waals surface area contributed by atoms with Crippen LogP contribution in [0.4, 0.5) is 0 Å². The summed E-state index contributed by atoms with van der Waals surface area (Å²) in [5.74, 6) is -0.925. The number of ketones is 1. The van der Waals surface area contributed by atoms with Gasteiger partial charge in [0.25, 0.3) is 11.7 Å². The van der Waals surface area contributed by atoms with Crippen LogP contribution in [-0.2, 0) is 15.0 Å². The van der Waals surface area contributed by atoms with Gasteiger partial charge in [0, 0.05) is 17.7 Å². The molecular weight excluding hydrogens is 432 g/mol. The van der Waals surface area contributed by atoms with Gasteiger partial charge in [-0.2, -0.15) is 0 Å². The van der Waals surface area contributed by atoms with Gasteiger partial charge in [-0.3, -0.25) is 9.59 Å². The number of benzene rings is 2. The van der Waals surface area contributed by atoms with Gasteiger partial charge in [0.1, 0.15) is 17.3 Å². The Kier molecular flexibility index (Phi) is 7.36. The lowest BCUT2D eigenvalue weighted by molar-refractivity contribution is -0.139. The molecule has 0 bridgehead atoms. The number of carbonyl (C=O) groups is 2. The molecule has 0 aromatic heterocycles. The molecule has 0 saturated carbocycles. The lowest BCUT2D eigenvalue weighted by Crippen LogP contribution is -2.32. The van der Waals surface area contributed by atoms with Crippen LogP contribution in [0.2, 0.25) is 0 Å². The highest BCUT2D eigenvalue weighted by Gasteiger charge is 2.46. The molecule has 2 N–H and O–H groups in total. The predicted molar refractivity (Wildman–Crippen MR) is 132 cm³/mol. The number of hydrogen-bond acceptors (Lipinski definition) is 6. The third-order valence-corrected chi connectivity index (χ3v) is 6.01. The molecule has 1 aliphatic heterocycles. The number of likely N-dealkylation sites (tertiary alicyclic amines) is 1. The van der Waals surface area contributed by atoms with Crippen LogP contribution >= 0.6 is 0 Å². The van der Waals surface area contributed by atoms with Crippen LogP contribution < -0.4 is 4.74 Å². The van der Waals surface area contributed by atoms with E-state index in [9.17, 15) is 19.8 Å². The molecule has 1 unspecified atom stereocenters. The van der Waals surface area contributed by atoms with Gasteiger partial charge in [-0.15, -0.1) is 0 Å². The number of aromatic hydroxyl groups is 1. The number of phenolic OH excluding ortho intramolecular Hbond substituents is 1. The van der Waals surface area contributed by atoms with Crippen molar-refractivity contribution >= 4 is 17.4 Å². The maximum Gasteiger partial charge on any atom is 0.295 e. The van der Waals surface area contributed by atoms with Gasteiger partial charge in [-0.1, -0.05) is 32.9 Å². The van der Waals surface area contributed by atoms with Gasteiger partial charge < -0.3 is 24.7 Å². The molecule has 1 atom stereocenters. The fraction of sp³-hybridized carbons (Fsp3) is 0.407. The van der Waals surface area contributed by atoms with E-state index in [1.165, 1.54) is 17.0 Å². The monoisotopic (exact) mass is 466 g/mol. The van der Waals surface area contributed by atoms with Crippen LogP contribution in [0.1, 0.15) is 49.9 Å². The molecule has 2 aromatic carbocycles. The molecule has 0 aliphatic carbocycles. The summed E-state index contributed by atoms with van der Waals surface area (Å²) in [6, 6.07) is 10.9. The van der Waals surface area contributed by atoms with Crippen LogP contribution in [0.5, 0.6) is 11.5 Å². The third-order valence-electron chi connectivity index (χ3n) is 6.01. The summed E-state index contributed by atoms with van der Waals surface area (Å²) in [5, 5.41) is 21.4. The minimum atomic E-state index is -0.797. The van der Waals surface area contributed by atoms with Crippen molar-refractivity contribution in [3.63, 3.8) is 0 Å². The minimum Gasteiger partial charge on any atom is -0.508 e. The number of hydrogen-bond donors (Lipinski definition) is 2. The summed E-state index contributed by atoms with van der Waals surface area (Å²) in [6.45, 7) is 7.18. The standard InChI is InChI=1S/C27H34N2O5/c1-27(2,3)20-16-18(11-12-21(20)34-6)24(31)22-23(17-9-7-10-19(30)15-17)29(26(33)25(22)32)14-8-13-28(4)5/h7,9-12,15-16,23,30-31H,8,13-14H2,1-6H3/b24-22-. The number of aliphatic hydroxyl groups excluding tert-OH is 1. The van der Waals surface area contributed by atoms with E-state index in [-0.39, 0.29) is 22.5 Å². The van der Waals surface area contributed by atoms with Crippen LogP contribution in [-0.4, -0.2) is 66.0 Å². The second-order valence-electron chi connectivity index (χ2n) is 9.91. The number of nitrogens with zero attached hydrogens (tertiary/aromatic N) is 2. The number of phenols is 1. The van der Waals surface area contributed by atoms with Gasteiger partial charge in [0.2, 0.25) is 0 Å². The largest absolute Gasteiger partial charge is 0.508 e. The Hall–Kier alpha value is -3.32. The summed E-state index contributed by atoms with van der Waals surface area (Å²) in [7, 11) is 5.47. The number of methoxy groups -OCH3 is 1. The zero-order valence-corrected chi connectivity index (χ0v) is 20.8. The van der Waals surface area contributed by atoms with Crippen molar-refractivity contribution in [1.82, 2.24) is 9.80 Å². The van der Waals surface area contributed by atoms with Gasteiger partial charge >= 0.3 is 0 Å². The SMILES string of the molecule is COc1ccc(/C(O)=C2/C(=O)C(=O)N(CCCN(C)C)C2c2cccc(O)c2)cc1C(C)(C)C. The predicted octanol–water partition coefficient (Wildman–Crippen LogP) is 4.07. The van der Waals surface area contributed by atoms with Gasteiger partial charge in [-0.25, -0.2) is 0 Å². The van der Waals surface area contributed by atoms with E-state index in [4.69, 9.17) is 4.74 Å². The van der Waals surface area contributed by atoms with Crippen LogP contribution in [0.25, 0.3) is 5.76 Å². The smallest absolute Gasteiger partial charge is 0.295 e. The molecule has 1 saturated heterocycles. The van der Waals surface area contributed by atoms with Crippen molar-refractivity contribution in [2.24, 2.45) is 0 Å². The van der Waals surface area contributed by atoms with E-state index in [0.29, 0.717) is 29.8 Å². The lowest BCUT2D eigenvalue weighted by atomic mass is 9.84. The summed E-state index contributed by atoms with van der Waals surface area (Å²) >= 11 is 0. The van der Waals surface area contributed by atoms with Crippen molar-refractivity contribution in [2.45, 2.75) is 38.6 Å². The summed E-state index contributed by atoms with van der Waals surface area (Å²) < 4.78 is 5.50. The Labute approximate surface area is 201 Å². The Balaban J connectivity index is 2.17. The molecule has 182 valence electrons. The van der Waals surface area contributed by atoms with Crippen molar-refractivity contribution in [2.75, 3.05) is 34.3 Å². The zero-order chi connectivity index (χ0) is 25.2. The Morgan fingerprint density at radius 1 is 1.12 bits per heavy atom. The molecule has 3 rings (SSSR count). The second-order valence-corrected chi connectivity index (χ2v) is 9.91. The number of carbonyl (C=O) groups excluding carboxylic acids is 2. The summed E-state index contributed by atoms with van der Waals surface area (Å²) in [5.41, 5.74) is 1.61. The molecule has 1 amide bonds. The number of amides is 1. The molecule has 1 heterocycles. The maximum atomic E-state index is 13.2.